The van der Waals surface area contributed by atoms with Gasteiger partial charge in [-0.15, -0.1) is 11.3 Å². The Bertz CT molecular complexity index is 597. The SMILES string of the molecule is O=C(CCCc1cccs1)N1CCCN(C(=O)C2CC=CCC2)CC1. The standard InChI is InChI=1S/C20H28N2O2S/c23-19(11-4-9-18-10-5-16-25-18)21-12-6-13-22(15-14-21)20(24)17-7-2-1-3-8-17/h1-2,5,10,16-17H,3-4,6-9,11-15H2. The Morgan fingerprint density at radius 2 is 1.96 bits per heavy atom. The van der Waals surface area contributed by atoms with Crippen LogP contribution in [-0.4, -0.2) is 47.8 Å². The molecular weight excluding hydrogens is 332 g/mol. The van der Waals surface area contributed by atoms with E-state index in [2.05, 4.69) is 29.7 Å². The number of hydrogen-bond donors (Lipinski definition) is 0. The van der Waals surface area contributed by atoms with E-state index in [0.29, 0.717) is 19.5 Å². The molecule has 3 rings (SSSR count). The lowest BCUT2D eigenvalue weighted by Gasteiger charge is -2.27. The Balaban J connectivity index is 1.43. The molecule has 1 unspecified atom stereocenters. The van der Waals surface area contributed by atoms with Crippen molar-refractivity contribution in [1.82, 2.24) is 9.80 Å². The second-order valence-corrected chi connectivity index (χ2v) is 8.01. The monoisotopic (exact) mass is 360 g/mol. The van der Waals surface area contributed by atoms with E-state index in [1.807, 2.05) is 9.80 Å². The molecule has 2 aliphatic rings. The Morgan fingerprint density at radius 3 is 2.72 bits per heavy atom. The third-order valence-corrected chi connectivity index (χ3v) is 6.11. The van der Waals surface area contributed by atoms with Gasteiger partial charge in [0.15, 0.2) is 0 Å². The van der Waals surface area contributed by atoms with Crippen LogP contribution >= 0.6 is 11.3 Å². The molecule has 1 aliphatic heterocycles. The van der Waals surface area contributed by atoms with E-state index in [0.717, 1.165) is 51.6 Å². The molecule has 1 atom stereocenters. The maximum atomic E-state index is 12.7. The predicted octanol–water partition coefficient (Wildman–Crippen LogP) is 3.49. The minimum Gasteiger partial charge on any atom is -0.341 e. The highest BCUT2D eigenvalue weighted by Gasteiger charge is 2.27. The van der Waals surface area contributed by atoms with Gasteiger partial charge in [0.25, 0.3) is 0 Å². The predicted molar refractivity (Wildman–Crippen MR) is 102 cm³/mol. The molecule has 5 heteroatoms. The molecule has 0 bridgehead atoms. The Morgan fingerprint density at radius 1 is 1.12 bits per heavy atom. The number of hydrogen-bond acceptors (Lipinski definition) is 3. The number of nitrogens with zero attached hydrogens (tertiary/aromatic N) is 2. The highest BCUT2D eigenvalue weighted by Crippen LogP contribution is 2.21. The Hall–Kier alpha value is -1.62. The highest BCUT2D eigenvalue weighted by molar-refractivity contribution is 7.09. The summed E-state index contributed by atoms with van der Waals surface area (Å²) < 4.78 is 0. The van der Waals surface area contributed by atoms with Crippen LogP contribution in [0.5, 0.6) is 0 Å². The maximum Gasteiger partial charge on any atom is 0.226 e. The fraction of sp³-hybridized carbons (Fsp3) is 0.600. The van der Waals surface area contributed by atoms with Crippen LogP contribution in [0.25, 0.3) is 0 Å². The van der Waals surface area contributed by atoms with Crippen molar-refractivity contribution in [2.75, 3.05) is 26.2 Å². The molecule has 2 heterocycles. The fourth-order valence-corrected chi connectivity index (χ4v) is 4.44. The molecule has 1 saturated heterocycles. The van der Waals surface area contributed by atoms with Gasteiger partial charge in [-0.25, -0.2) is 0 Å². The zero-order valence-corrected chi connectivity index (χ0v) is 15.7. The Kier molecular flexibility index (Phi) is 6.68. The average Bonchev–Trinajstić information content (AvgIpc) is 3.04. The van der Waals surface area contributed by atoms with Gasteiger partial charge in [-0.05, 0) is 50.0 Å². The number of thiophene rings is 1. The lowest BCUT2D eigenvalue weighted by atomic mass is 9.93. The first-order valence-electron chi connectivity index (χ1n) is 9.48. The summed E-state index contributed by atoms with van der Waals surface area (Å²) in [6, 6.07) is 4.19. The van der Waals surface area contributed by atoms with Gasteiger partial charge in [-0.3, -0.25) is 9.59 Å². The van der Waals surface area contributed by atoms with Crippen molar-refractivity contribution in [1.29, 1.82) is 0 Å². The number of allylic oxidation sites excluding steroid dienone is 2. The first-order chi connectivity index (χ1) is 12.2. The smallest absolute Gasteiger partial charge is 0.226 e. The van der Waals surface area contributed by atoms with Crippen LogP contribution < -0.4 is 0 Å². The molecule has 0 spiro atoms. The van der Waals surface area contributed by atoms with Crippen LogP contribution in [0.1, 0.15) is 43.4 Å². The second-order valence-electron chi connectivity index (χ2n) is 6.97. The molecule has 1 aromatic heterocycles. The number of aryl methyl sites for hydroxylation is 1. The molecule has 0 aromatic carbocycles. The maximum absolute atomic E-state index is 12.7. The van der Waals surface area contributed by atoms with Crippen molar-refractivity contribution in [3.05, 3.63) is 34.5 Å². The van der Waals surface area contributed by atoms with Crippen LogP contribution in [0.2, 0.25) is 0 Å². The highest BCUT2D eigenvalue weighted by atomic mass is 32.1. The summed E-state index contributed by atoms with van der Waals surface area (Å²) in [6.07, 6.45) is 10.6. The quantitative estimate of drug-likeness (QED) is 0.754. The van der Waals surface area contributed by atoms with Gasteiger partial charge in [0, 0.05) is 43.4 Å². The molecular formula is C20H28N2O2S. The van der Waals surface area contributed by atoms with Crippen molar-refractivity contribution in [2.24, 2.45) is 5.92 Å². The van der Waals surface area contributed by atoms with Crippen LogP contribution in [0.15, 0.2) is 29.7 Å². The van der Waals surface area contributed by atoms with Gasteiger partial charge >= 0.3 is 0 Å². The minimum atomic E-state index is 0.151. The molecule has 0 radical (unpaired) electrons. The van der Waals surface area contributed by atoms with Crippen molar-refractivity contribution in [3.8, 4) is 0 Å². The molecule has 25 heavy (non-hydrogen) atoms. The van der Waals surface area contributed by atoms with Gasteiger partial charge in [0.1, 0.15) is 0 Å². The third-order valence-electron chi connectivity index (χ3n) is 5.17. The van der Waals surface area contributed by atoms with Crippen LogP contribution in [0, 0.1) is 5.92 Å². The van der Waals surface area contributed by atoms with E-state index in [4.69, 9.17) is 0 Å². The fourth-order valence-electron chi connectivity index (χ4n) is 3.69. The Labute approximate surface area is 154 Å². The number of rotatable bonds is 5. The topological polar surface area (TPSA) is 40.6 Å². The summed E-state index contributed by atoms with van der Waals surface area (Å²) in [4.78, 5) is 30.4. The average molecular weight is 361 g/mol. The summed E-state index contributed by atoms with van der Waals surface area (Å²) in [6.45, 7) is 2.95. The molecule has 136 valence electrons. The van der Waals surface area contributed by atoms with Crippen LogP contribution in [-0.2, 0) is 16.0 Å². The summed E-state index contributed by atoms with van der Waals surface area (Å²) in [7, 11) is 0. The first kappa shape index (κ1) is 18.2. The second kappa shape index (κ2) is 9.18. The number of carbonyl (C=O) groups excluding carboxylic acids is 2. The summed E-state index contributed by atoms with van der Waals surface area (Å²) >= 11 is 1.76. The largest absolute Gasteiger partial charge is 0.341 e. The van der Waals surface area contributed by atoms with E-state index >= 15 is 0 Å². The number of carbonyl (C=O) groups is 2. The van der Waals surface area contributed by atoms with E-state index < -0.39 is 0 Å². The third kappa shape index (κ3) is 5.18. The van der Waals surface area contributed by atoms with Crippen molar-refractivity contribution in [3.63, 3.8) is 0 Å². The van der Waals surface area contributed by atoms with Gasteiger partial charge in [-0.1, -0.05) is 18.2 Å². The lowest BCUT2D eigenvalue weighted by molar-refractivity contribution is -0.136. The zero-order valence-electron chi connectivity index (χ0n) is 14.9. The molecule has 0 N–H and O–H groups in total. The van der Waals surface area contributed by atoms with E-state index in [1.165, 1.54) is 4.88 Å². The first-order valence-corrected chi connectivity index (χ1v) is 10.4. The van der Waals surface area contributed by atoms with Gasteiger partial charge in [0.05, 0.1) is 0 Å². The molecule has 1 fully saturated rings. The normalized spacial score (nSPS) is 21.2. The molecule has 1 aliphatic carbocycles. The van der Waals surface area contributed by atoms with E-state index in [-0.39, 0.29) is 17.7 Å². The number of amides is 2. The van der Waals surface area contributed by atoms with Crippen LogP contribution in [0.3, 0.4) is 0 Å². The molecule has 4 nitrogen and oxygen atoms in total. The van der Waals surface area contributed by atoms with E-state index in [1.54, 1.807) is 11.3 Å². The minimum absolute atomic E-state index is 0.151. The molecule has 1 aromatic rings. The summed E-state index contributed by atoms with van der Waals surface area (Å²) in [5.41, 5.74) is 0. The van der Waals surface area contributed by atoms with Gasteiger partial charge in [-0.2, -0.15) is 0 Å². The zero-order chi connectivity index (χ0) is 17.5. The van der Waals surface area contributed by atoms with Crippen LogP contribution in [0.4, 0.5) is 0 Å². The van der Waals surface area contributed by atoms with Crippen molar-refractivity contribution < 1.29 is 9.59 Å². The summed E-state index contributed by atoms with van der Waals surface area (Å²) in [5.74, 6) is 0.681. The van der Waals surface area contributed by atoms with E-state index in [9.17, 15) is 9.59 Å². The van der Waals surface area contributed by atoms with Gasteiger partial charge < -0.3 is 9.80 Å². The molecule has 2 amide bonds. The molecule has 0 saturated carbocycles. The van der Waals surface area contributed by atoms with Crippen molar-refractivity contribution in [2.45, 2.75) is 44.9 Å². The summed E-state index contributed by atoms with van der Waals surface area (Å²) in [5, 5.41) is 2.08. The van der Waals surface area contributed by atoms with Crippen molar-refractivity contribution >= 4 is 23.2 Å². The lowest BCUT2D eigenvalue weighted by Crippen LogP contribution is -2.40. The van der Waals surface area contributed by atoms with Gasteiger partial charge in [0.2, 0.25) is 11.8 Å².